The van der Waals surface area contributed by atoms with Crippen LogP contribution >= 0.6 is 11.3 Å². The normalized spacial score (nSPS) is 11.5. The van der Waals surface area contributed by atoms with Crippen molar-refractivity contribution >= 4 is 22.3 Å². The summed E-state index contributed by atoms with van der Waals surface area (Å²) in [5.74, 6) is -0.484. The molecule has 0 aliphatic heterocycles. The molecule has 1 N–H and O–H groups in total. The minimum absolute atomic E-state index is 0.387. The van der Waals surface area contributed by atoms with Gasteiger partial charge in [-0.15, -0.1) is 0 Å². The Labute approximate surface area is 139 Å². The smallest absolute Gasteiger partial charge is 0.347 e. The van der Waals surface area contributed by atoms with Crippen molar-refractivity contribution < 1.29 is 9.90 Å². The van der Waals surface area contributed by atoms with E-state index in [0.29, 0.717) is 10.8 Å². The van der Waals surface area contributed by atoms with Crippen molar-refractivity contribution in [2.45, 2.75) is 34.1 Å². The fourth-order valence-corrected chi connectivity index (χ4v) is 3.84. The molecule has 0 amide bonds. The minimum Gasteiger partial charge on any atom is -0.477 e. The zero-order valence-corrected chi connectivity index (χ0v) is 14.6. The van der Waals surface area contributed by atoms with Crippen LogP contribution in [0.25, 0.3) is 16.2 Å². The van der Waals surface area contributed by atoms with Gasteiger partial charge in [0.25, 0.3) is 0 Å². The van der Waals surface area contributed by atoms with Crippen molar-refractivity contribution in [2.75, 3.05) is 0 Å². The number of imidazole rings is 1. The van der Waals surface area contributed by atoms with E-state index in [1.165, 1.54) is 22.5 Å². The third-order valence-corrected chi connectivity index (χ3v) is 4.96. The Morgan fingerprint density at radius 1 is 1.35 bits per heavy atom. The zero-order chi connectivity index (χ0) is 16.7. The van der Waals surface area contributed by atoms with Crippen molar-refractivity contribution in [3.63, 3.8) is 0 Å². The summed E-state index contributed by atoms with van der Waals surface area (Å²) in [6.45, 7) is 8.34. The Morgan fingerprint density at radius 2 is 2.09 bits per heavy atom. The molecule has 0 aliphatic rings. The first-order chi connectivity index (χ1) is 10.9. The molecule has 0 fully saturated rings. The van der Waals surface area contributed by atoms with Crippen LogP contribution in [0, 0.1) is 19.8 Å². The fraction of sp³-hybridized carbons (Fsp3) is 0.333. The summed E-state index contributed by atoms with van der Waals surface area (Å²) < 4.78 is 1.95. The number of benzene rings is 1. The highest BCUT2D eigenvalue weighted by Gasteiger charge is 2.21. The van der Waals surface area contributed by atoms with Crippen LogP contribution < -0.4 is 0 Å². The first-order valence-corrected chi connectivity index (χ1v) is 8.50. The van der Waals surface area contributed by atoms with E-state index in [4.69, 9.17) is 0 Å². The summed E-state index contributed by atoms with van der Waals surface area (Å²) in [5.41, 5.74) is 5.24. The molecule has 2 aromatic heterocycles. The van der Waals surface area contributed by atoms with Crippen LogP contribution in [0.5, 0.6) is 0 Å². The number of aryl methyl sites for hydroxylation is 2. The molecule has 3 rings (SSSR count). The summed E-state index contributed by atoms with van der Waals surface area (Å²) in [7, 11) is 0. The molecular formula is C18H20N2O2S. The Morgan fingerprint density at radius 3 is 2.70 bits per heavy atom. The van der Waals surface area contributed by atoms with Crippen molar-refractivity contribution in [3.8, 4) is 11.3 Å². The third-order valence-electron chi connectivity index (χ3n) is 3.87. The molecule has 0 spiro atoms. The third kappa shape index (κ3) is 2.88. The van der Waals surface area contributed by atoms with E-state index in [-0.39, 0.29) is 0 Å². The molecule has 0 radical (unpaired) electrons. The van der Waals surface area contributed by atoms with Crippen LogP contribution in [0.2, 0.25) is 0 Å². The zero-order valence-electron chi connectivity index (χ0n) is 13.8. The van der Waals surface area contributed by atoms with Gasteiger partial charge < -0.3 is 5.11 Å². The van der Waals surface area contributed by atoms with E-state index >= 15 is 0 Å². The van der Waals surface area contributed by atoms with Gasteiger partial charge in [0.1, 0.15) is 4.88 Å². The summed E-state index contributed by atoms with van der Waals surface area (Å²) in [4.78, 5) is 17.3. The first-order valence-electron chi connectivity index (χ1n) is 7.68. The molecule has 0 aliphatic carbocycles. The number of nitrogens with zero attached hydrogens (tertiary/aromatic N) is 2. The Hall–Kier alpha value is -2.14. The monoisotopic (exact) mass is 328 g/mol. The number of hydrogen-bond donors (Lipinski definition) is 1. The van der Waals surface area contributed by atoms with Gasteiger partial charge in [0, 0.05) is 17.5 Å². The number of carboxylic acids is 1. The molecular weight excluding hydrogens is 308 g/mol. The number of carboxylic acid groups (broad SMARTS) is 1. The van der Waals surface area contributed by atoms with E-state index < -0.39 is 5.97 Å². The van der Waals surface area contributed by atoms with Gasteiger partial charge in [-0.05, 0) is 31.7 Å². The van der Waals surface area contributed by atoms with Crippen molar-refractivity contribution in [1.82, 2.24) is 9.38 Å². The van der Waals surface area contributed by atoms with Gasteiger partial charge in [0.05, 0.1) is 5.69 Å². The summed E-state index contributed by atoms with van der Waals surface area (Å²) in [6, 6.07) is 6.30. The van der Waals surface area contributed by atoms with Gasteiger partial charge in [0.15, 0.2) is 4.96 Å². The lowest BCUT2D eigenvalue weighted by atomic mass is 10.0. The molecule has 2 heterocycles. The van der Waals surface area contributed by atoms with Crippen LogP contribution in [0.15, 0.2) is 24.4 Å². The molecule has 0 bridgehead atoms. The summed E-state index contributed by atoms with van der Waals surface area (Å²) in [5, 5.41) is 9.43. The molecule has 0 atom stereocenters. The first kappa shape index (κ1) is 15.7. The summed E-state index contributed by atoms with van der Waals surface area (Å²) >= 11 is 1.25. The predicted octanol–water partition coefficient (Wildman–Crippen LogP) is 4.58. The van der Waals surface area contributed by atoms with Crippen LogP contribution in [-0.2, 0) is 6.42 Å². The van der Waals surface area contributed by atoms with E-state index in [1.807, 2.05) is 10.6 Å². The number of thiazole rings is 1. The molecule has 120 valence electrons. The lowest BCUT2D eigenvalue weighted by Gasteiger charge is -2.06. The van der Waals surface area contributed by atoms with Gasteiger partial charge in [-0.1, -0.05) is 48.9 Å². The number of fused-ring (bicyclic) bond motifs is 1. The van der Waals surface area contributed by atoms with Crippen LogP contribution in [-0.4, -0.2) is 20.5 Å². The van der Waals surface area contributed by atoms with Crippen molar-refractivity contribution in [1.29, 1.82) is 0 Å². The second-order valence-corrected chi connectivity index (χ2v) is 7.36. The Balaban J connectivity index is 2.15. The number of hydrogen-bond acceptors (Lipinski definition) is 3. The SMILES string of the molecule is Cc1ccc(-c2cn3c(CC(C)C)c(C(=O)O)sc3n2)c(C)c1. The standard InChI is InChI=1S/C18H20N2O2S/c1-10(2)7-15-16(17(21)22)23-18-19-14(9-20(15)18)13-6-5-11(3)8-12(13)4/h5-6,8-10H,7H2,1-4H3,(H,21,22). The highest BCUT2D eigenvalue weighted by atomic mass is 32.1. The van der Waals surface area contributed by atoms with E-state index in [0.717, 1.165) is 28.3 Å². The minimum atomic E-state index is -0.871. The van der Waals surface area contributed by atoms with E-state index in [1.54, 1.807) is 0 Å². The van der Waals surface area contributed by atoms with E-state index in [2.05, 4.69) is 50.9 Å². The average Bonchev–Trinajstić information content (AvgIpc) is 2.97. The predicted molar refractivity (Wildman–Crippen MR) is 93.5 cm³/mol. The Kier molecular flexibility index (Phi) is 3.98. The molecule has 23 heavy (non-hydrogen) atoms. The van der Waals surface area contributed by atoms with Gasteiger partial charge in [-0.25, -0.2) is 9.78 Å². The lowest BCUT2D eigenvalue weighted by molar-refractivity contribution is 0.0700. The van der Waals surface area contributed by atoms with Crippen LogP contribution in [0.1, 0.15) is 40.3 Å². The second-order valence-electron chi connectivity index (χ2n) is 6.38. The molecule has 0 unspecified atom stereocenters. The molecule has 5 heteroatoms. The summed E-state index contributed by atoms with van der Waals surface area (Å²) in [6.07, 6.45) is 2.69. The quantitative estimate of drug-likeness (QED) is 0.763. The van der Waals surface area contributed by atoms with Crippen LogP contribution in [0.4, 0.5) is 0 Å². The van der Waals surface area contributed by atoms with Crippen molar-refractivity contribution in [3.05, 3.63) is 46.1 Å². The van der Waals surface area contributed by atoms with Gasteiger partial charge in [-0.3, -0.25) is 4.40 Å². The maximum Gasteiger partial charge on any atom is 0.347 e. The maximum absolute atomic E-state index is 11.5. The highest BCUT2D eigenvalue weighted by Crippen LogP contribution is 2.30. The maximum atomic E-state index is 11.5. The molecule has 4 nitrogen and oxygen atoms in total. The fourth-order valence-electron chi connectivity index (χ4n) is 2.86. The number of rotatable bonds is 4. The molecule has 3 aromatic rings. The average molecular weight is 328 g/mol. The van der Waals surface area contributed by atoms with Crippen molar-refractivity contribution in [2.24, 2.45) is 5.92 Å². The largest absolute Gasteiger partial charge is 0.477 e. The highest BCUT2D eigenvalue weighted by molar-refractivity contribution is 7.19. The number of aromatic carboxylic acids is 1. The Bertz CT molecular complexity index is 890. The number of carbonyl (C=O) groups is 1. The number of aromatic nitrogens is 2. The topological polar surface area (TPSA) is 54.6 Å². The molecule has 0 saturated carbocycles. The molecule has 0 saturated heterocycles. The van der Waals surface area contributed by atoms with Gasteiger partial charge in [0.2, 0.25) is 0 Å². The molecule has 1 aromatic carbocycles. The van der Waals surface area contributed by atoms with Crippen LogP contribution in [0.3, 0.4) is 0 Å². The van der Waals surface area contributed by atoms with Gasteiger partial charge in [-0.2, -0.15) is 0 Å². The lowest BCUT2D eigenvalue weighted by Crippen LogP contribution is -2.04. The van der Waals surface area contributed by atoms with Gasteiger partial charge >= 0.3 is 5.97 Å². The second kappa shape index (κ2) is 5.81. The van der Waals surface area contributed by atoms with E-state index in [9.17, 15) is 9.90 Å².